The lowest BCUT2D eigenvalue weighted by Gasteiger charge is -2.19. The molecule has 4 rings (SSSR count). The van der Waals surface area contributed by atoms with Crippen molar-refractivity contribution in [1.82, 2.24) is 4.90 Å². The van der Waals surface area contributed by atoms with Gasteiger partial charge in [-0.15, -0.1) is 0 Å². The van der Waals surface area contributed by atoms with Crippen LogP contribution in [-0.4, -0.2) is 22.8 Å². The Morgan fingerprint density at radius 2 is 1.72 bits per heavy atom. The molecule has 0 radical (unpaired) electrons. The number of Topliss-reactive ketones (excluding diaryl/α,β-unsaturated/α-hetero) is 1. The highest BCUT2D eigenvalue weighted by Gasteiger charge is 2.31. The second kappa shape index (κ2) is 8.23. The smallest absolute Gasteiger partial charge is 0.231 e. The quantitative estimate of drug-likeness (QED) is 0.529. The van der Waals surface area contributed by atoms with E-state index in [2.05, 4.69) is 33.0 Å². The Bertz CT molecular complexity index is 1080. The van der Waals surface area contributed by atoms with Gasteiger partial charge in [0.25, 0.3) is 0 Å². The summed E-state index contributed by atoms with van der Waals surface area (Å²) in [6.07, 6.45) is 1.73. The highest BCUT2D eigenvalue weighted by atomic mass is 79.9. The molecular weight excluding hydrogens is 430 g/mol. The highest BCUT2D eigenvalue weighted by molar-refractivity contribution is 9.10. The van der Waals surface area contributed by atoms with E-state index in [4.69, 9.17) is 4.74 Å². The lowest BCUT2D eigenvalue weighted by atomic mass is 10.0. The van der Waals surface area contributed by atoms with Gasteiger partial charge < -0.3 is 9.84 Å². The number of hydrogen-bond acceptors (Lipinski definition) is 4. The van der Waals surface area contributed by atoms with Crippen LogP contribution in [0.15, 0.2) is 77.0 Å². The molecule has 29 heavy (non-hydrogen) atoms. The summed E-state index contributed by atoms with van der Waals surface area (Å²) in [6, 6.07) is 20.9. The van der Waals surface area contributed by atoms with E-state index < -0.39 is 0 Å². The number of halogens is 1. The van der Waals surface area contributed by atoms with Crippen LogP contribution >= 0.6 is 15.9 Å². The standard InChI is InChI=1S/C24H20BrNO3/c1-26(14-17-5-3-2-4-6-17)15-20-21(27)12-11-19-23(28)22(29-24(19)20)13-16-7-9-18(25)10-8-16/h2-13,27H,14-15H2,1H3/b22-13-. The molecular formula is C24H20BrNO3. The predicted molar refractivity (Wildman–Crippen MR) is 117 cm³/mol. The van der Waals surface area contributed by atoms with E-state index in [1.54, 1.807) is 18.2 Å². The Morgan fingerprint density at radius 1 is 1.00 bits per heavy atom. The summed E-state index contributed by atoms with van der Waals surface area (Å²) in [5, 5.41) is 10.4. The number of phenols is 1. The minimum atomic E-state index is -0.171. The Labute approximate surface area is 178 Å². The maximum Gasteiger partial charge on any atom is 0.231 e. The van der Waals surface area contributed by atoms with Gasteiger partial charge in [0.05, 0.1) is 11.1 Å². The van der Waals surface area contributed by atoms with Gasteiger partial charge in [0.15, 0.2) is 5.76 Å². The van der Waals surface area contributed by atoms with E-state index in [0.29, 0.717) is 23.4 Å². The second-order valence-electron chi connectivity index (χ2n) is 7.09. The van der Waals surface area contributed by atoms with Gasteiger partial charge in [0, 0.05) is 17.6 Å². The average molecular weight is 450 g/mol. The number of fused-ring (bicyclic) bond motifs is 1. The van der Waals surface area contributed by atoms with E-state index >= 15 is 0 Å². The summed E-state index contributed by atoms with van der Waals surface area (Å²) in [5.74, 6) is 0.661. The largest absolute Gasteiger partial charge is 0.507 e. The topological polar surface area (TPSA) is 49.8 Å². The van der Waals surface area contributed by atoms with Crippen molar-refractivity contribution in [2.45, 2.75) is 13.1 Å². The third-order valence-electron chi connectivity index (χ3n) is 4.81. The van der Waals surface area contributed by atoms with E-state index in [-0.39, 0.29) is 17.3 Å². The zero-order valence-corrected chi connectivity index (χ0v) is 17.5. The molecule has 0 bridgehead atoms. The summed E-state index contributed by atoms with van der Waals surface area (Å²) < 4.78 is 6.90. The first-order valence-corrected chi connectivity index (χ1v) is 10.1. The van der Waals surface area contributed by atoms with E-state index in [9.17, 15) is 9.90 Å². The average Bonchev–Trinajstić information content (AvgIpc) is 3.02. The molecule has 3 aromatic rings. The fraction of sp³-hybridized carbons (Fsp3) is 0.125. The molecule has 0 aromatic heterocycles. The van der Waals surface area contributed by atoms with Gasteiger partial charge in [-0.2, -0.15) is 0 Å². The number of rotatable bonds is 5. The summed E-state index contributed by atoms with van der Waals surface area (Å²) in [6.45, 7) is 1.18. The first kappa shape index (κ1) is 19.4. The van der Waals surface area contributed by atoms with Crippen LogP contribution in [0, 0.1) is 0 Å². The fourth-order valence-electron chi connectivity index (χ4n) is 3.38. The Morgan fingerprint density at radius 3 is 2.45 bits per heavy atom. The molecule has 1 N–H and O–H groups in total. The summed E-state index contributed by atoms with van der Waals surface area (Å²) in [5.41, 5.74) is 3.15. The van der Waals surface area contributed by atoms with Crippen LogP contribution in [0.1, 0.15) is 27.0 Å². The fourth-order valence-corrected chi connectivity index (χ4v) is 3.65. The van der Waals surface area contributed by atoms with Gasteiger partial charge in [-0.1, -0.05) is 58.4 Å². The number of nitrogens with zero attached hydrogens (tertiary/aromatic N) is 1. The molecule has 3 aromatic carbocycles. The van der Waals surface area contributed by atoms with Crippen molar-refractivity contribution in [3.05, 3.63) is 99.2 Å². The third kappa shape index (κ3) is 4.26. The molecule has 1 aliphatic rings. The summed E-state index contributed by atoms with van der Waals surface area (Å²) in [4.78, 5) is 14.9. The number of hydrogen-bond donors (Lipinski definition) is 1. The van der Waals surface area contributed by atoms with Crippen LogP contribution in [-0.2, 0) is 13.1 Å². The number of aromatic hydroxyl groups is 1. The molecule has 0 unspecified atom stereocenters. The molecule has 1 aliphatic heterocycles. The van der Waals surface area contributed by atoms with Crippen LogP contribution in [0.4, 0.5) is 0 Å². The SMILES string of the molecule is CN(Cc1ccccc1)Cc1c(O)ccc2c1O/C(=C\c1ccc(Br)cc1)C2=O. The van der Waals surface area contributed by atoms with E-state index in [0.717, 1.165) is 16.6 Å². The minimum Gasteiger partial charge on any atom is -0.507 e. The van der Waals surface area contributed by atoms with Crippen molar-refractivity contribution in [3.8, 4) is 11.5 Å². The Balaban J connectivity index is 1.59. The molecule has 4 nitrogen and oxygen atoms in total. The first-order valence-electron chi connectivity index (χ1n) is 9.28. The van der Waals surface area contributed by atoms with Crippen molar-refractivity contribution in [3.63, 3.8) is 0 Å². The molecule has 0 saturated heterocycles. The number of ether oxygens (including phenoxy) is 1. The molecule has 0 spiro atoms. The molecule has 0 saturated carbocycles. The molecule has 1 heterocycles. The molecule has 0 aliphatic carbocycles. The molecule has 146 valence electrons. The summed E-state index contributed by atoms with van der Waals surface area (Å²) >= 11 is 3.41. The number of phenolic OH excluding ortho intramolecular Hbond substituents is 1. The van der Waals surface area contributed by atoms with Crippen molar-refractivity contribution < 1.29 is 14.6 Å². The van der Waals surface area contributed by atoms with E-state index in [1.807, 2.05) is 49.5 Å². The monoisotopic (exact) mass is 449 g/mol. The van der Waals surface area contributed by atoms with Crippen LogP contribution in [0.25, 0.3) is 6.08 Å². The van der Waals surface area contributed by atoms with Crippen molar-refractivity contribution in [2.75, 3.05) is 7.05 Å². The van der Waals surface area contributed by atoms with Gasteiger partial charge >= 0.3 is 0 Å². The van der Waals surface area contributed by atoms with Crippen LogP contribution < -0.4 is 4.74 Å². The number of carbonyl (C=O) groups is 1. The zero-order valence-electron chi connectivity index (χ0n) is 15.9. The van der Waals surface area contributed by atoms with Gasteiger partial charge in [-0.05, 0) is 48.5 Å². The van der Waals surface area contributed by atoms with Crippen LogP contribution in [0.3, 0.4) is 0 Å². The van der Waals surface area contributed by atoms with Gasteiger partial charge in [-0.25, -0.2) is 0 Å². The molecule has 0 atom stereocenters. The number of allylic oxidation sites excluding steroid dienone is 1. The Kier molecular flexibility index (Phi) is 5.51. The maximum absolute atomic E-state index is 12.8. The normalized spacial score (nSPS) is 14.3. The lowest BCUT2D eigenvalue weighted by Crippen LogP contribution is -2.17. The van der Waals surface area contributed by atoms with Crippen molar-refractivity contribution >= 4 is 27.8 Å². The molecule has 0 fully saturated rings. The summed E-state index contributed by atoms with van der Waals surface area (Å²) in [7, 11) is 1.97. The second-order valence-corrected chi connectivity index (χ2v) is 8.00. The van der Waals surface area contributed by atoms with Crippen LogP contribution in [0.5, 0.6) is 11.5 Å². The van der Waals surface area contributed by atoms with Crippen molar-refractivity contribution in [2.24, 2.45) is 0 Å². The van der Waals surface area contributed by atoms with Gasteiger partial charge in [0.2, 0.25) is 5.78 Å². The predicted octanol–water partition coefficient (Wildman–Crippen LogP) is 5.40. The van der Waals surface area contributed by atoms with E-state index in [1.165, 1.54) is 5.56 Å². The Hall–Kier alpha value is -2.89. The number of benzene rings is 3. The zero-order chi connectivity index (χ0) is 20.4. The third-order valence-corrected chi connectivity index (χ3v) is 5.34. The highest BCUT2D eigenvalue weighted by Crippen LogP contribution is 2.40. The maximum atomic E-state index is 12.8. The molecule has 0 amide bonds. The van der Waals surface area contributed by atoms with Crippen molar-refractivity contribution in [1.29, 1.82) is 0 Å². The van der Waals surface area contributed by atoms with Gasteiger partial charge in [0.1, 0.15) is 11.5 Å². The lowest BCUT2D eigenvalue weighted by molar-refractivity contribution is 0.101. The minimum absolute atomic E-state index is 0.126. The van der Waals surface area contributed by atoms with Crippen LogP contribution in [0.2, 0.25) is 0 Å². The first-order chi connectivity index (χ1) is 14.0. The van der Waals surface area contributed by atoms with Gasteiger partial charge in [-0.3, -0.25) is 9.69 Å². The number of carbonyl (C=O) groups excluding carboxylic acids is 1. The number of ketones is 1. The molecule has 5 heteroatoms.